The second kappa shape index (κ2) is 5.00. The Hall–Kier alpha value is -1.53. The zero-order valence-electron chi connectivity index (χ0n) is 8.67. The van der Waals surface area contributed by atoms with Gasteiger partial charge in [-0.25, -0.2) is 9.97 Å². The third kappa shape index (κ3) is 2.53. The fourth-order valence-corrected chi connectivity index (χ4v) is 1.96. The van der Waals surface area contributed by atoms with Gasteiger partial charge >= 0.3 is 0 Å². The second-order valence-electron chi connectivity index (χ2n) is 3.31. The fraction of sp³-hybridized carbons (Fsp3) is 0.300. The summed E-state index contributed by atoms with van der Waals surface area (Å²) in [6.07, 6.45) is 5.36. The number of nitrogens with two attached hydrogens (primary N) is 1. The van der Waals surface area contributed by atoms with Crippen LogP contribution in [0.5, 0.6) is 0 Å². The highest BCUT2D eigenvalue weighted by molar-refractivity contribution is 7.09. The van der Waals surface area contributed by atoms with Gasteiger partial charge < -0.3 is 10.3 Å². The van der Waals surface area contributed by atoms with Crippen LogP contribution in [0.15, 0.2) is 24.1 Å². The summed E-state index contributed by atoms with van der Waals surface area (Å²) in [4.78, 5) is 19.9. The highest BCUT2D eigenvalue weighted by Crippen LogP contribution is 2.08. The zero-order chi connectivity index (χ0) is 11.4. The molecule has 0 amide bonds. The van der Waals surface area contributed by atoms with E-state index in [1.807, 2.05) is 9.95 Å². The van der Waals surface area contributed by atoms with E-state index in [2.05, 4.69) is 9.97 Å². The first kappa shape index (κ1) is 11.0. The number of imidazole rings is 1. The molecule has 6 heteroatoms. The van der Waals surface area contributed by atoms with Crippen LogP contribution in [0.3, 0.4) is 0 Å². The molecule has 0 unspecified atom stereocenters. The Kier molecular flexibility index (Phi) is 3.43. The van der Waals surface area contributed by atoms with Crippen molar-refractivity contribution < 1.29 is 4.79 Å². The summed E-state index contributed by atoms with van der Waals surface area (Å²) in [7, 11) is 0. The molecule has 0 radical (unpaired) electrons. The number of hydrogen-bond donors (Lipinski definition) is 1. The van der Waals surface area contributed by atoms with Crippen molar-refractivity contribution in [1.29, 1.82) is 0 Å². The van der Waals surface area contributed by atoms with Gasteiger partial charge in [0.15, 0.2) is 5.78 Å². The third-order valence-corrected chi connectivity index (χ3v) is 2.88. The molecular weight excluding hydrogens is 224 g/mol. The standard InChI is InChI=1S/C10H12N4OS/c11-1-3-14-6-8(13-7-14)9(15)5-10-12-2-4-16-10/h2,4,6-7H,1,3,5,11H2. The van der Waals surface area contributed by atoms with Gasteiger partial charge in [0, 0.05) is 30.9 Å². The number of carbonyl (C=O) groups excluding carboxylic acids is 1. The molecule has 0 aliphatic rings. The Morgan fingerprint density at radius 3 is 3.06 bits per heavy atom. The van der Waals surface area contributed by atoms with Crippen molar-refractivity contribution in [1.82, 2.24) is 14.5 Å². The predicted octanol–water partition coefficient (Wildman–Crippen LogP) is 0.724. The van der Waals surface area contributed by atoms with E-state index in [1.54, 1.807) is 18.7 Å². The summed E-state index contributed by atoms with van der Waals surface area (Å²) < 4.78 is 1.81. The minimum absolute atomic E-state index is 0.00859. The molecule has 0 aliphatic heterocycles. The summed E-state index contributed by atoms with van der Waals surface area (Å²) in [6, 6.07) is 0. The summed E-state index contributed by atoms with van der Waals surface area (Å²) in [5.74, 6) is -0.00859. The van der Waals surface area contributed by atoms with Crippen LogP contribution < -0.4 is 5.73 Å². The van der Waals surface area contributed by atoms with E-state index in [9.17, 15) is 4.79 Å². The van der Waals surface area contributed by atoms with Crippen molar-refractivity contribution in [3.05, 3.63) is 34.8 Å². The van der Waals surface area contributed by atoms with Crippen LogP contribution in [-0.4, -0.2) is 26.9 Å². The first-order valence-corrected chi connectivity index (χ1v) is 5.81. The first-order valence-electron chi connectivity index (χ1n) is 4.93. The second-order valence-corrected chi connectivity index (χ2v) is 4.29. The smallest absolute Gasteiger partial charge is 0.189 e. The van der Waals surface area contributed by atoms with E-state index in [0.717, 1.165) is 5.01 Å². The molecule has 0 fully saturated rings. The topological polar surface area (TPSA) is 73.8 Å². The summed E-state index contributed by atoms with van der Waals surface area (Å²) >= 11 is 1.48. The lowest BCUT2D eigenvalue weighted by Gasteiger charge is -1.95. The molecule has 16 heavy (non-hydrogen) atoms. The van der Waals surface area contributed by atoms with Crippen LogP contribution in [0.25, 0.3) is 0 Å². The molecule has 84 valence electrons. The Balaban J connectivity index is 2.03. The minimum atomic E-state index is -0.00859. The van der Waals surface area contributed by atoms with Gasteiger partial charge in [-0.05, 0) is 0 Å². The highest BCUT2D eigenvalue weighted by Gasteiger charge is 2.11. The summed E-state index contributed by atoms with van der Waals surface area (Å²) in [5.41, 5.74) is 5.89. The quantitative estimate of drug-likeness (QED) is 0.776. The van der Waals surface area contributed by atoms with Gasteiger partial charge in [-0.2, -0.15) is 0 Å². The number of rotatable bonds is 5. The average molecular weight is 236 g/mol. The maximum absolute atomic E-state index is 11.8. The normalized spacial score (nSPS) is 10.6. The fourth-order valence-electron chi connectivity index (χ4n) is 1.34. The van der Waals surface area contributed by atoms with E-state index < -0.39 is 0 Å². The average Bonchev–Trinajstić information content (AvgIpc) is 2.89. The molecule has 2 rings (SSSR count). The lowest BCUT2D eigenvalue weighted by molar-refractivity contribution is 0.0988. The van der Waals surface area contributed by atoms with Crippen LogP contribution in [0.1, 0.15) is 15.5 Å². The molecule has 0 saturated heterocycles. The van der Waals surface area contributed by atoms with Crippen LogP contribution in [0.2, 0.25) is 0 Å². The molecule has 0 atom stereocenters. The van der Waals surface area contributed by atoms with Crippen LogP contribution in [-0.2, 0) is 13.0 Å². The first-order chi connectivity index (χ1) is 7.79. The Morgan fingerprint density at radius 2 is 2.38 bits per heavy atom. The van der Waals surface area contributed by atoms with Crippen molar-refractivity contribution >= 4 is 17.1 Å². The Morgan fingerprint density at radius 1 is 1.50 bits per heavy atom. The number of thiazole rings is 1. The van der Waals surface area contributed by atoms with Crippen molar-refractivity contribution in [3.8, 4) is 0 Å². The number of carbonyl (C=O) groups is 1. The van der Waals surface area contributed by atoms with Crippen molar-refractivity contribution in [2.75, 3.05) is 6.54 Å². The van der Waals surface area contributed by atoms with Gasteiger partial charge in [0.2, 0.25) is 0 Å². The number of nitrogens with zero attached hydrogens (tertiary/aromatic N) is 3. The van der Waals surface area contributed by atoms with Gasteiger partial charge in [-0.15, -0.1) is 11.3 Å². The number of ketones is 1. The molecule has 2 aromatic heterocycles. The van der Waals surface area contributed by atoms with Crippen molar-refractivity contribution in [2.45, 2.75) is 13.0 Å². The predicted molar refractivity (Wildman–Crippen MR) is 61.4 cm³/mol. The van der Waals surface area contributed by atoms with E-state index in [0.29, 0.717) is 25.2 Å². The van der Waals surface area contributed by atoms with Crippen LogP contribution in [0, 0.1) is 0 Å². The van der Waals surface area contributed by atoms with Crippen LogP contribution >= 0.6 is 11.3 Å². The molecular formula is C10H12N4OS. The van der Waals surface area contributed by atoms with Gasteiger partial charge in [0.05, 0.1) is 12.7 Å². The Labute approximate surface area is 96.9 Å². The molecule has 2 N–H and O–H groups in total. The monoisotopic (exact) mass is 236 g/mol. The number of Topliss-reactive ketones (excluding diaryl/α,β-unsaturated/α-hetero) is 1. The van der Waals surface area contributed by atoms with Gasteiger partial charge in [0.1, 0.15) is 10.7 Å². The van der Waals surface area contributed by atoms with Crippen LogP contribution in [0.4, 0.5) is 0 Å². The van der Waals surface area contributed by atoms with E-state index in [1.165, 1.54) is 11.3 Å². The largest absolute Gasteiger partial charge is 0.335 e. The number of aromatic nitrogens is 3. The maximum atomic E-state index is 11.8. The van der Waals surface area contributed by atoms with E-state index in [4.69, 9.17) is 5.73 Å². The highest BCUT2D eigenvalue weighted by atomic mass is 32.1. The molecule has 0 saturated carbocycles. The minimum Gasteiger partial charge on any atom is -0.335 e. The molecule has 0 aliphatic carbocycles. The van der Waals surface area contributed by atoms with Gasteiger partial charge in [-0.3, -0.25) is 4.79 Å². The molecule has 0 bridgehead atoms. The number of hydrogen-bond acceptors (Lipinski definition) is 5. The molecule has 0 spiro atoms. The SMILES string of the molecule is NCCn1cnc(C(=O)Cc2nccs2)c1. The Bertz CT molecular complexity index is 463. The van der Waals surface area contributed by atoms with Gasteiger partial charge in [-0.1, -0.05) is 0 Å². The molecule has 2 heterocycles. The molecule has 0 aromatic carbocycles. The maximum Gasteiger partial charge on any atom is 0.189 e. The van der Waals surface area contributed by atoms with Gasteiger partial charge in [0.25, 0.3) is 0 Å². The lowest BCUT2D eigenvalue weighted by Crippen LogP contribution is -2.08. The van der Waals surface area contributed by atoms with E-state index >= 15 is 0 Å². The third-order valence-electron chi connectivity index (χ3n) is 2.10. The summed E-state index contributed by atoms with van der Waals surface area (Å²) in [6.45, 7) is 1.22. The lowest BCUT2D eigenvalue weighted by atomic mass is 10.2. The van der Waals surface area contributed by atoms with Crippen molar-refractivity contribution in [3.63, 3.8) is 0 Å². The molecule has 5 nitrogen and oxygen atoms in total. The summed E-state index contributed by atoms with van der Waals surface area (Å²) in [5, 5.41) is 2.67. The zero-order valence-corrected chi connectivity index (χ0v) is 9.48. The van der Waals surface area contributed by atoms with Crippen molar-refractivity contribution in [2.24, 2.45) is 5.73 Å². The van der Waals surface area contributed by atoms with E-state index in [-0.39, 0.29) is 5.78 Å². The molecule has 2 aromatic rings.